The lowest BCUT2D eigenvalue weighted by Gasteiger charge is -2.12. The molecule has 0 fully saturated rings. The Bertz CT molecular complexity index is 398. The summed E-state index contributed by atoms with van der Waals surface area (Å²) in [5, 5.41) is 20.0. The molecule has 0 amide bonds. The van der Waals surface area contributed by atoms with E-state index in [4.69, 9.17) is 9.47 Å². The number of aliphatic hydroxyl groups excluding tert-OH is 1. The van der Waals surface area contributed by atoms with Gasteiger partial charge in [-0.25, -0.2) is 0 Å². The molecule has 94 valence electrons. The Morgan fingerprint density at radius 3 is 2.82 bits per heavy atom. The molecule has 0 aliphatic heterocycles. The topological polar surface area (TPSA) is 81.8 Å². The summed E-state index contributed by atoms with van der Waals surface area (Å²) < 4.78 is 10.6. The first-order chi connectivity index (χ1) is 8.04. The minimum absolute atomic E-state index is 0.00755. The van der Waals surface area contributed by atoms with Gasteiger partial charge < -0.3 is 14.6 Å². The van der Waals surface area contributed by atoms with Gasteiger partial charge >= 0.3 is 0 Å². The maximum atomic E-state index is 10.6. The smallest absolute Gasteiger partial charge is 0.273 e. The lowest BCUT2D eigenvalue weighted by Crippen LogP contribution is -2.22. The number of nitrogens with zero attached hydrogens (tertiary/aromatic N) is 1. The molecule has 7 heteroatoms. The predicted molar refractivity (Wildman–Crippen MR) is 64.2 cm³/mol. The third-order valence-electron chi connectivity index (χ3n) is 1.92. The molecule has 0 saturated heterocycles. The maximum Gasteiger partial charge on any atom is 0.273 e. The van der Waals surface area contributed by atoms with Crippen molar-refractivity contribution in [3.63, 3.8) is 0 Å². The lowest BCUT2D eigenvalue weighted by molar-refractivity contribution is -0.385. The fourth-order valence-corrected chi connectivity index (χ4v) is 1.50. The van der Waals surface area contributed by atoms with Crippen molar-refractivity contribution in [2.24, 2.45) is 0 Å². The molecular formula is C10H12BrNO5. The van der Waals surface area contributed by atoms with Gasteiger partial charge in [-0.2, -0.15) is 0 Å². The van der Waals surface area contributed by atoms with E-state index in [1.807, 2.05) is 0 Å². The maximum absolute atomic E-state index is 10.6. The number of hydrogen-bond donors (Lipinski definition) is 1. The summed E-state index contributed by atoms with van der Waals surface area (Å²) in [5.41, 5.74) is -0.0653. The van der Waals surface area contributed by atoms with Gasteiger partial charge in [0.25, 0.3) is 5.69 Å². The van der Waals surface area contributed by atoms with E-state index in [9.17, 15) is 15.2 Å². The SMILES string of the molecule is COC[C@H](O)COc1cc([N+](=O)[O-])ccc1Br. The molecule has 0 saturated carbocycles. The van der Waals surface area contributed by atoms with Crippen LogP contribution in [0.15, 0.2) is 22.7 Å². The van der Waals surface area contributed by atoms with Crippen LogP contribution in [-0.2, 0) is 4.74 Å². The minimum atomic E-state index is -0.772. The first-order valence-corrected chi connectivity index (χ1v) is 5.57. The van der Waals surface area contributed by atoms with Crippen molar-refractivity contribution in [2.75, 3.05) is 20.3 Å². The Labute approximate surface area is 106 Å². The van der Waals surface area contributed by atoms with E-state index < -0.39 is 11.0 Å². The van der Waals surface area contributed by atoms with Gasteiger partial charge in [0.2, 0.25) is 0 Å². The van der Waals surface area contributed by atoms with Gasteiger partial charge in [0.1, 0.15) is 18.5 Å². The predicted octanol–water partition coefficient (Wildman–Crippen LogP) is 1.74. The normalized spacial score (nSPS) is 12.2. The first kappa shape index (κ1) is 13.9. The van der Waals surface area contributed by atoms with Crippen molar-refractivity contribution >= 4 is 21.6 Å². The number of nitro benzene ring substituents is 1. The van der Waals surface area contributed by atoms with E-state index in [-0.39, 0.29) is 18.9 Å². The largest absolute Gasteiger partial charge is 0.489 e. The molecule has 1 N–H and O–H groups in total. The molecule has 1 aromatic carbocycles. The van der Waals surface area contributed by atoms with Crippen LogP contribution in [0.25, 0.3) is 0 Å². The Kier molecular flexibility index (Phi) is 5.33. The number of aliphatic hydroxyl groups is 1. The fraction of sp³-hybridized carbons (Fsp3) is 0.400. The fourth-order valence-electron chi connectivity index (χ4n) is 1.14. The number of non-ortho nitro benzene ring substituents is 1. The summed E-state index contributed by atoms with van der Waals surface area (Å²) in [5.74, 6) is 0.314. The van der Waals surface area contributed by atoms with E-state index in [0.717, 1.165) is 0 Å². The number of benzene rings is 1. The van der Waals surface area contributed by atoms with Crippen LogP contribution in [0.1, 0.15) is 0 Å². The number of nitro groups is 1. The highest BCUT2D eigenvalue weighted by Gasteiger charge is 2.12. The van der Waals surface area contributed by atoms with Gasteiger partial charge in [-0.1, -0.05) is 0 Å². The highest BCUT2D eigenvalue weighted by molar-refractivity contribution is 9.10. The number of halogens is 1. The Morgan fingerprint density at radius 2 is 2.24 bits per heavy atom. The number of methoxy groups -OCH3 is 1. The standard InChI is InChI=1S/C10H12BrNO5/c1-16-5-8(13)6-17-10-4-7(12(14)15)2-3-9(10)11/h2-4,8,13H,5-6H2,1H3/t8-/m0/s1. The second-order valence-electron chi connectivity index (χ2n) is 3.29. The molecule has 0 radical (unpaired) electrons. The second kappa shape index (κ2) is 6.53. The quantitative estimate of drug-likeness (QED) is 0.639. The highest BCUT2D eigenvalue weighted by Crippen LogP contribution is 2.29. The number of ether oxygens (including phenoxy) is 2. The van der Waals surface area contributed by atoms with Crippen LogP contribution in [0.3, 0.4) is 0 Å². The summed E-state index contributed by atoms with van der Waals surface area (Å²) >= 11 is 3.21. The van der Waals surface area contributed by atoms with Crippen LogP contribution in [0.5, 0.6) is 5.75 Å². The number of rotatable bonds is 6. The molecule has 1 aromatic rings. The monoisotopic (exact) mass is 305 g/mol. The average Bonchev–Trinajstić information content (AvgIpc) is 2.28. The van der Waals surface area contributed by atoms with E-state index in [2.05, 4.69) is 15.9 Å². The third-order valence-corrected chi connectivity index (χ3v) is 2.57. The van der Waals surface area contributed by atoms with Gasteiger partial charge in [-0.05, 0) is 22.0 Å². The van der Waals surface area contributed by atoms with Crippen LogP contribution in [0.4, 0.5) is 5.69 Å². The van der Waals surface area contributed by atoms with E-state index >= 15 is 0 Å². The van der Waals surface area contributed by atoms with Crippen LogP contribution in [-0.4, -0.2) is 36.5 Å². The molecule has 0 spiro atoms. The molecule has 0 bridgehead atoms. The van der Waals surface area contributed by atoms with Gasteiger partial charge in [0, 0.05) is 13.2 Å². The molecule has 0 unspecified atom stereocenters. The van der Waals surface area contributed by atoms with Crippen molar-refractivity contribution < 1.29 is 19.5 Å². The highest BCUT2D eigenvalue weighted by atomic mass is 79.9. The molecule has 0 aliphatic carbocycles. The second-order valence-corrected chi connectivity index (χ2v) is 4.15. The summed E-state index contributed by atoms with van der Waals surface area (Å²) in [6.07, 6.45) is -0.772. The molecule has 6 nitrogen and oxygen atoms in total. The van der Waals surface area contributed by atoms with Crippen molar-refractivity contribution in [2.45, 2.75) is 6.10 Å². The molecule has 1 atom stereocenters. The van der Waals surface area contributed by atoms with E-state index in [0.29, 0.717) is 10.2 Å². The van der Waals surface area contributed by atoms with Crippen LogP contribution >= 0.6 is 15.9 Å². The van der Waals surface area contributed by atoms with E-state index in [1.54, 1.807) is 0 Å². The lowest BCUT2D eigenvalue weighted by atomic mass is 10.3. The van der Waals surface area contributed by atoms with Gasteiger partial charge in [-0.15, -0.1) is 0 Å². The summed E-state index contributed by atoms with van der Waals surface area (Å²) in [6, 6.07) is 4.18. The summed E-state index contributed by atoms with van der Waals surface area (Å²) in [4.78, 5) is 10.1. The van der Waals surface area contributed by atoms with Crippen molar-refractivity contribution in [1.82, 2.24) is 0 Å². The Hall–Kier alpha value is -1.18. The zero-order valence-corrected chi connectivity index (χ0v) is 10.7. The molecule has 0 aromatic heterocycles. The van der Waals surface area contributed by atoms with Gasteiger partial charge in [0.05, 0.1) is 22.1 Å². The van der Waals surface area contributed by atoms with Crippen LogP contribution in [0, 0.1) is 10.1 Å². The van der Waals surface area contributed by atoms with E-state index in [1.165, 1.54) is 25.3 Å². The minimum Gasteiger partial charge on any atom is -0.489 e. The summed E-state index contributed by atoms with van der Waals surface area (Å²) in [7, 11) is 1.46. The van der Waals surface area contributed by atoms with Crippen LogP contribution < -0.4 is 4.74 Å². The molecular weight excluding hydrogens is 294 g/mol. The van der Waals surface area contributed by atoms with Crippen molar-refractivity contribution in [1.29, 1.82) is 0 Å². The van der Waals surface area contributed by atoms with Gasteiger partial charge in [-0.3, -0.25) is 10.1 Å². The molecule has 17 heavy (non-hydrogen) atoms. The summed E-state index contributed by atoms with van der Waals surface area (Å²) in [6.45, 7) is 0.153. The van der Waals surface area contributed by atoms with Gasteiger partial charge in [0.15, 0.2) is 0 Å². The number of hydrogen-bond acceptors (Lipinski definition) is 5. The molecule has 0 aliphatic rings. The average molecular weight is 306 g/mol. The third kappa shape index (κ3) is 4.29. The van der Waals surface area contributed by atoms with Crippen molar-refractivity contribution in [3.8, 4) is 5.75 Å². The molecule has 0 heterocycles. The Balaban J connectivity index is 2.69. The zero-order chi connectivity index (χ0) is 12.8. The first-order valence-electron chi connectivity index (χ1n) is 4.78. The Morgan fingerprint density at radius 1 is 1.53 bits per heavy atom. The zero-order valence-electron chi connectivity index (χ0n) is 9.13. The van der Waals surface area contributed by atoms with Crippen LogP contribution in [0.2, 0.25) is 0 Å². The molecule has 1 rings (SSSR count). The van der Waals surface area contributed by atoms with Crippen molar-refractivity contribution in [3.05, 3.63) is 32.8 Å².